The van der Waals surface area contributed by atoms with Crippen LogP contribution in [-0.2, 0) is 0 Å². The van der Waals surface area contributed by atoms with Gasteiger partial charge in [0.2, 0.25) is 0 Å². The van der Waals surface area contributed by atoms with E-state index in [2.05, 4.69) is 33.9 Å². The van der Waals surface area contributed by atoms with E-state index in [0.29, 0.717) is 16.8 Å². The van der Waals surface area contributed by atoms with Gasteiger partial charge in [0.15, 0.2) is 11.4 Å². The number of benzene rings is 1. The van der Waals surface area contributed by atoms with E-state index in [-0.39, 0.29) is 5.63 Å². The molecule has 1 aromatic carbocycles. The van der Waals surface area contributed by atoms with Crippen molar-refractivity contribution in [1.82, 2.24) is 19.3 Å². The summed E-state index contributed by atoms with van der Waals surface area (Å²) in [5.74, 6) is 0.470. The van der Waals surface area contributed by atoms with Gasteiger partial charge >= 0.3 is 5.63 Å². The largest absolute Gasteiger partial charge is 0.421 e. The van der Waals surface area contributed by atoms with Crippen LogP contribution in [0.1, 0.15) is 36.7 Å². The zero-order chi connectivity index (χ0) is 21.5. The molecule has 4 aromatic rings. The lowest BCUT2D eigenvalue weighted by molar-refractivity contribution is 0.302. The van der Waals surface area contributed by atoms with E-state index in [1.54, 1.807) is 0 Å². The van der Waals surface area contributed by atoms with Crippen LogP contribution in [0, 0.1) is 13.8 Å². The minimum atomic E-state index is -0.332. The molecule has 6 nitrogen and oxygen atoms in total. The molecular formula is C25H26N4O2. The van der Waals surface area contributed by atoms with Crippen LogP contribution in [0.15, 0.2) is 51.9 Å². The van der Waals surface area contributed by atoms with Crippen LogP contribution in [0.25, 0.3) is 33.4 Å². The summed E-state index contributed by atoms with van der Waals surface area (Å²) in [4.78, 5) is 24.4. The number of imidazole rings is 1. The molecule has 3 aromatic heterocycles. The van der Waals surface area contributed by atoms with Gasteiger partial charge in [0.25, 0.3) is 0 Å². The molecular weight excluding hydrogens is 388 g/mol. The van der Waals surface area contributed by atoms with E-state index < -0.39 is 0 Å². The second-order valence-corrected chi connectivity index (χ2v) is 8.30. The molecule has 0 atom stereocenters. The van der Waals surface area contributed by atoms with Crippen molar-refractivity contribution in [2.75, 3.05) is 19.6 Å². The summed E-state index contributed by atoms with van der Waals surface area (Å²) in [5, 5.41) is 1.47. The Kier molecular flexibility index (Phi) is 4.94. The number of aromatic nitrogens is 3. The molecule has 6 heteroatoms. The molecule has 0 unspecified atom stereocenters. The molecule has 0 spiro atoms. The molecule has 0 radical (unpaired) electrons. The molecule has 4 heterocycles. The molecule has 1 aliphatic rings. The molecule has 0 bridgehead atoms. The number of nitrogens with zero attached hydrogens (tertiary/aromatic N) is 4. The van der Waals surface area contributed by atoms with Gasteiger partial charge in [-0.15, -0.1) is 0 Å². The zero-order valence-corrected chi connectivity index (χ0v) is 18.2. The summed E-state index contributed by atoms with van der Waals surface area (Å²) in [6.07, 6.45) is 8.26. The first-order valence-corrected chi connectivity index (χ1v) is 10.8. The van der Waals surface area contributed by atoms with Crippen molar-refractivity contribution in [3.63, 3.8) is 0 Å². The van der Waals surface area contributed by atoms with Gasteiger partial charge in [-0.25, -0.2) is 9.78 Å². The van der Waals surface area contributed by atoms with Gasteiger partial charge in [-0.2, -0.15) is 0 Å². The van der Waals surface area contributed by atoms with Gasteiger partial charge in [-0.1, -0.05) is 25.1 Å². The summed E-state index contributed by atoms with van der Waals surface area (Å²) >= 11 is 0. The van der Waals surface area contributed by atoms with Crippen LogP contribution < -0.4 is 5.63 Å². The number of rotatable bonds is 4. The van der Waals surface area contributed by atoms with E-state index >= 15 is 0 Å². The van der Waals surface area contributed by atoms with Crippen molar-refractivity contribution in [2.45, 2.75) is 33.6 Å². The number of fused-ring (bicyclic) bond motifs is 2. The predicted molar refractivity (Wildman–Crippen MR) is 123 cm³/mol. The SMILES string of the molecule is CCCN1CC=C(c2ccc3cc(-c4cn5cc(C)nc(C)c5n4)oc(=O)c3c2)CC1. The van der Waals surface area contributed by atoms with Crippen LogP contribution in [0.5, 0.6) is 0 Å². The van der Waals surface area contributed by atoms with Gasteiger partial charge in [0.05, 0.1) is 16.8 Å². The van der Waals surface area contributed by atoms with Gasteiger partial charge in [-0.05, 0) is 61.9 Å². The molecule has 158 valence electrons. The highest BCUT2D eigenvalue weighted by Gasteiger charge is 2.15. The lowest BCUT2D eigenvalue weighted by Gasteiger charge is -2.26. The van der Waals surface area contributed by atoms with Crippen LogP contribution >= 0.6 is 0 Å². The molecule has 0 aliphatic carbocycles. The maximum Gasteiger partial charge on any atom is 0.344 e. The fraction of sp³-hybridized carbons (Fsp3) is 0.320. The first kappa shape index (κ1) is 19.7. The minimum absolute atomic E-state index is 0.332. The summed E-state index contributed by atoms with van der Waals surface area (Å²) in [7, 11) is 0. The Labute approximate surface area is 180 Å². The van der Waals surface area contributed by atoms with Crippen molar-refractivity contribution in [2.24, 2.45) is 0 Å². The van der Waals surface area contributed by atoms with E-state index in [1.807, 2.05) is 48.8 Å². The third-order valence-electron chi connectivity index (χ3n) is 5.94. The van der Waals surface area contributed by atoms with Gasteiger partial charge in [-0.3, -0.25) is 9.88 Å². The smallest absolute Gasteiger partial charge is 0.344 e. The van der Waals surface area contributed by atoms with Crippen LogP contribution in [0.2, 0.25) is 0 Å². The minimum Gasteiger partial charge on any atom is -0.421 e. The van der Waals surface area contributed by atoms with Crippen LogP contribution in [0.3, 0.4) is 0 Å². The van der Waals surface area contributed by atoms with Crippen LogP contribution in [0.4, 0.5) is 0 Å². The summed E-state index contributed by atoms with van der Waals surface area (Å²) in [6, 6.07) is 7.98. The monoisotopic (exact) mass is 414 g/mol. The number of hydrogen-bond acceptors (Lipinski definition) is 5. The molecule has 5 rings (SSSR count). The maximum atomic E-state index is 12.8. The molecule has 0 fully saturated rings. The summed E-state index contributed by atoms with van der Waals surface area (Å²) < 4.78 is 7.62. The Morgan fingerprint density at radius 2 is 2.00 bits per heavy atom. The Morgan fingerprint density at radius 3 is 2.77 bits per heavy atom. The average Bonchev–Trinajstić information content (AvgIpc) is 3.19. The molecule has 0 N–H and O–H groups in total. The van der Waals surface area contributed by atoms with Crippen molar-refractivity contribution < 1.29 is 4.42 Å². The van der Waals surface area contributed by atoms with E-state index in [1.165, 1.54) is 12.0 Å². The Morgan fingerprint density at radius 1 is 1.13 bits per heavy atom. The first-order chi connectivity index (χ1) is 15.0. The average molecular weight is 415 g/mol. The highest BCUT2D eigenvalue weighted by molar-refractivity contribution is 5.87. The zero-order valence-electron chi connectivity index (χ0n) is 18.2. The van der Waals surface area contributed by atoms with Crippen molar-refractivity contribution in [3.8, 4) is 11.5 Å². The molecule has 1 aliphatic heterocycles. The molecule has 0 saturated carbocycles. The lowest BCUT2D eigenvalue weighted by atomic mass is 9.97. The summed E-state index contributed by atoms with van der Waals surface area (Å²) in [6.45, 7) is 9.25. The standard InChI is InChI=1S/C25H26N4O2/c1-4-9-28-10-7-18(8-11-28)19-5-6-20-13-23(31-25(30)21(20)12-19)22-15-29-14-16(2)26-17(3)24(29)27-22/h5-7,12-15H,4,8-11H2,1-3H3. The van der Waals surface area contributed by atoms with Crippen molar-refractivity contribution >= 4 is 22.0 Å². The summed E-state index contributed by atoms with van der Waals surface area (Å²) in [5.41, 5.74) is 5.23. The molecule has 0 saturated heterocycles. The van der Waals surface area contributed by atoms with E-state index in [9.17, 15) is 4.79 Å². The van der Waals surface area contributed by atoms with Gasteiger partial charge in [0, 0.05) is 25.5 Å². The number of aryl methyl sites for hydroxylation is 2. The highest BCUT2D eigenvalue weighted by atomic mass is 16.4. The Bertz CT molecular complexity index is 1380. The topological polar surface area (TPSA) is 63.6 Å². The van der Waals surface area contributed by atoms with Gasteiger partial charge < -0.3 is 8.82 Å². The second-order valence-electron chi connectivity index (χ2n) is 8.30. The first-order valence-electron chi connectivity index (χ1n) is 10.8. The second kappa shape index (κ2) is 7.78. The maximum absolute atomic E-state index is 12.8. The van der Waals surface area contributed by atoms with E-state index in [0.717, 1.165) is 54.0 Å². The molecule has 31 heavy (non-hydrogen) atoms. The molecule has 0 amide bonds. The third-order valence-corrected chi connectivity index (χ3v) is 5.94. The van der Waals surface area contributed by atoms with Crippen LogP contribution in [-0.4, -0.2) is 38.9 Å². The predicted octanol–water partition coefficient (Wildman–Crippen LogP) is 4.62. The fourth-order valence-corrected chi connectivity index (χ4v) is 4.43. The fourth-order valence-electron chi connectivity index (χ4n) is 4.43. The van der Waals surface area contributed by atoms with Gasteiger partial charge in [0.1, 0.15) is 5.69 Å². The third kappa shape index (κ3) is 3.68. The highest BCUT2D eigenvalue weighted by Crippen LogP contribution is 2.27. The normalized spacial score (nSPS) is 15.0. The Balaban J connectivity index is 1.52. The quantitative estimate of drug-likeness (QED) is 0.488. The van der Waals surface area contributed by atoms with Crippen molar-refractivity contribution in [3.05, 3.63) is 70.1 Å². The van der Waals surface area contributed by atoms with E-state index in [4.69, 9.17) is 4.42 Å². The Hall–Kier alpha value is -3.25. The van der Waals surface area contributed by atoms with Crippen molar-refractivity contribution in [1.29, 1.82) is 0 Å². The number of hydrogen-bond donors (Lipinski definition) is 0. The lowest BCUT2D eigenvalue weighted by Crippen LogP contribution is -2.29.